The second-order valence-corrected chi connectivity index (χ2v) is 5.68. The van der Waals surface area contributed by atoms with Crippen molar-refractivity contribution in [3.05, 3.63) is 56.9 Å². The fourth-order valence-corrected chi connectivity index (χ4v) is 2.51. The molecule has 0 spiro atoms. The van der Waals surface area contributed by atoms with Crippen LogP contribution < -0.4 is 32.6 Å². The molecule has 0 unspecified atom stereocenters. The van der Waals surface area contributed by atoms with Gasteiger partial charge < -0.3 is 15.5 Å². The summed E-state index contributed by atoms with van der Waals surface area (Å²) in [5.74, 6) is 6.88. The zero-order chi connectivity index (χ0) is 19.0. The number of nitrogens with zero attached hydrogens (tertiary/aromatic N) is 4. The third kappa shape index (κ3) is 2.82. The number of fused-ring (bicyclic) bond motifs is 1. The highest BCUT2D eigenvalue weighted by Crippen LogP contribution is 2.17. The number of aromatic nitrogens is 4. The molecule has 0 fully saturated rings. The number of aromatic amines is 1. The monoisotopic (exact) mass is 357 g/mol. The van der Waals surface area contributed by atoms with Crippen molar-refractivity contribution in [2.45, 2.75) is 0 Å². The molecule has 3 aromatic rings. The molecule has 5 N–H and O–H groups in total. The molecule has 26 heavy (non-hydrogen) atoms. The fourth-order valence-electron chi connectivity index (χ4n) is 2.51. The van der Waals surface area contributed by atoms with E-state index in [0.29, 0.717) is 11.4 Å². The van der Waals surface area contributed by atoms with E-state index < -0.39 is 11.2 Å². The van der Waals surface area contributed by atoms with Crippen molar-refractivity contribution in [3.8, 4) is 5.75 Å². The van der Waals surface area contributed by atoms with Gasteiger partial charge in [-0.05, 0) is 29.8 Å². The van der Waals surface area contributed by atoms with Crippen LogP contribution in [-0.2, 0) is 14.1 Å². The third-order valence-electron chi connectivity index (χ3n) is 4.03. The van der Waals surface area contributed by atoms with Crippen molar-refractivity contribution >= 4 is 22.8 Å². The van der Waals surface area contributed by atoms with E-state index in [-0.39, 0.29) is 17.1 Å². The molecule has 3 rings (SSSR count). The molecular weight excluding hydrogens is 338 g/mol. The van der Waals surface area contributed by atoms with E-state index >= 15 is 0 Å². The van der Waals surface area contributed by atoms with Crippen LogP contribution in [0, 0.1) is 0 Å². The molecular formula is C16H19N7O3. The van der Waals surface area contributed by atoms with Gasteiger partial charge in [-0.1, -0.05) is 0 Å². The summed E-state index contributed by atoms with van der Waals surface area (Å²) in [5, 5.41) is 1.16. The highest BCUT2D eigenvalue weighted by atomic mass is 16.5. The van der Waals surface area contributed by atoms with E-state index in [9.17, 15) is 9.59 Å². The molecule has 10 nitrogen and oxygen atoms in total. The number of methoxy groups -OCH3 is 1. The average Bonchev–Trinajstić information content (AvgIpc) is 3.10. The molecule has 0 atom stereocenters. The van der Waals surface area contributed by atoms with E-state index in [1.54, 1.807) is 31.4 Å². The van der Waals surface area contributed by atoms with Crippen LogP contribution in [0.4, 0.5) is 5.95 Å². The lowest BCUT2D eigenvalue weighted by Crippen LogP contribution is -2.36. The van der Waals surface area contributed by atoms with Gasteiger partial charge in [0.05, 0.1) is 12.8 Å². The molecule has 0 aliphatic carbocycles. The van der Waals surface area contributed by atoms with Crippen molar-refractivity contribution < 1.29 is 4.74 Å². The minimum Gasteiger partial charge on any atom is -0.497 e. The molecule has 2 aromatic heterocycles. The lowest BCUT2D eigenvalue weighted by Gasteiger charge is -2.11. The van der Waals surface area contributed by atoms with E-state index in [1.807, 2.05) is 0 Å². The highest BCUT2D eigenvalue weighted by molar-refractivity contribution is 5.74. The summed E-state index contributed by atoms with van der Waals surface area (Å²) in [6.45, 7) is 0. The van der Waals surface area contributed by atoms with Crippen molar-refractivity contribution in [1.82, 2.24) is 19.1 Å². The van der Waals surface area contributed by atoms with E-state index in [4.69, 9.17) is 16.3 Å². The predicted molar refractivity (Wildman–Crippen MR) is 98.4 cm³/mol. The van der Waals surface area contributed by atoms with Gasteiger partial charge in [0.25, 0.3) is 5.56 Å². The first-order chi connectivity index (χ1) is 12.3. The van der Waals surface area contributed by atoms with Gasteiger partial charge in [-0.3, -0.25) is 18.9 Å². The Labute approximate surface area is 147 Å². The van der Waals surface area contributed by atoms with E-state index in [2.05, 4.69) is 9.97 Å². The van der Waals surface area contributed by atoms with Crippen LogP contribution in [0.1, 0.15) is 5.56 Å². The topological polar surface area (TPSA) is 137 Å². The molecule has 0 radical (unpaired) electrons. The number of nitrogens with one attached hydrogen (secondary N) is 1. The zero-order valence-electron chi connectivity index (χ0n) is 14.6. The van der Waals surface area contributed by atoms with Crippen molar-refractivity contribution in [2.24, 2.45) is 25.7 Å². The number of rotatable bonds is 4. The summed E-state index contributed by atoms with van der Waals surface area (Å²) in [4.78, 5) is 31.2. The van der Waals surface area contributed by atoms with Gasteiger partial charge in [0, 0.05) is 20.3 Å². The lowest BCUT2D eigenvalue weighted by molar-refractivity contribution is 0.415. The number of anilines is 1. The van der Waals surface area contributed by atoms with Crippen LogP contribution in [0.2, 0.25) is 0 Å². The molecule has 10 heteroatoms. The summed E-state index contributed by atoms with van der Waals surface area (Å²) < 4.78 is 7.36. The molecule has 2 heterocycles. The summed E-state index contributed by atoms with van der Waals surface area (Å²) >= 11 is 0. The smallest absolute Gasteiger partial charge is 0.332 e. The third-order valence-corrected chi connectivity index (χ3v) is 4.03. The quantitative estimate of drug-likeness (QED) is 0.427. The SMILES string of the molecule is COc1ccc(/C(N)=C/N(N)c2nc3c([nH]2)c(=O)n(C)c(=O)n3C)cc1. The fraction of sp³-hybridized carbons (Fsp3) is 0.188. The molecule has 0 aliphatic heterocycles. The number of hydrogen-bond donors (Lipinski definition) is 3. The van der Waals surface area contributed by atoms with Crippen LogP contribution in [0.25, 0.3) is 16.9 Å². The molecule has 0 bridgehead atoms. The Hall–Kier alpha value is -3.53. The average molecular weight is 357 g/mol. The normalized spacial score (nSPS) is 11.8. The van der Waals surface area contributed by atoms with Crippen molar-refractivity contribution in [3.63, 3.8) is 0 Å². The minimum atomic E-state index is -0.484. The minimum absolute atomic E-state index is 0.176. The second-order valence-electron chi connectivity index (χ2n) is 5.68. The zero-order valence-corrected chi connectivity index (χ0v) is 14.6. The van der Waals surface area contributed by atoms with Gasteiger partial charge in [0.15, 0.2) is 11.2 Å². The molecule has 0 saturated carbocycles. The second kappa shape index (κ2) is 6.41. The maximum atomic E-state index is 12.2. The number of imidazole rings is 1. The largest absolute Gasteiger partial charge is 0.497 e. The van der Waals surface area contributed by atoms with E-state index in [0.717, 1.165) is 15.1 Å². The van der Waals surface area contributed by atoms with Gasteiger partial charge in [0.1, 0.15) is 5.75 Å². The molecule has 136 valence electrons. The lowest BCUT2D eigenvalue weighted by atomic mass is 10.1. The van der Waals surface area contributed by atoms with Crippen LogP contribution in [-0.4, -0.2) is 26.2 Å². The Morgan fingerprint density at radius 1 is 1.23 bits per heavy atom. The van der Waals surface area contributed by atoms with Crippen LogP contribution in [0.5, 0.6) is 5.75 Å². The summed E-state index contributed by atoms with van der Waals surface area (Å²) in [6.07, 6.45) is 1.46. The van der Waals surface area contributed by atoms with Gasteiger partial charge in [0.2, 0.25) is 5.95 Å². The standard InChI is InChI=1S/C16H19N7O3/c1-21-13-12(14(24)22(2)16(21)25)19-15(20-13)23(18)8-11(17)9-4-6-10(26-3)7-5-9/h4-8H,17-18H2,1-3H3,(H,19,20)/b11-8-. The molecule has 1 aromatic carbocycles. The van der Waals surface area contributed by atoms with Crippen LogP contribution in [0.3, 0.4) is 0 Å². The first kappa shape index (κ1) is 17.3. The van der Waals surface area contributed by atoms with Gasteiger partial charge in [-0.25, -0.2) is 10.6 Å². The number of hydrazine groups is 1. The number of nitrogens with two attached hydrogens (primary N) is 2. The number of aryl methyl sites for hydroxylation is 1. The van der Waals surface area contributed by atoms with Gasteiger partial charge in [-0.2, -0.15) is 4.98 Å². The Morgan fingerprint density at radius 3 is 2.50 bits per heavy atom. The maximum Gasteiger partial charge on any atom is 0.332 e. The van der Waals surface area contributed by atoms with Gasteiger partial charge >= 0.3 is 5.69 Å². The highest BCUT2D eigenvalue weighted by Gasteiger charge is 2.15. The molecule has 0 saturated heterocycles. The van der Waals surface area contributed by atoms with Crippen LogP contribution in [0.15, 0.2) is 40.1 Å². The predicted octanol–water partition coefficient (Wildman–Crippen LogP) is -0.394. The van der Waals surface area contributed by atoms with Crippen LogP contribution >= 0.6 is 0 Å². The van der Waals surface area contributed by atoms with Crippen molar-refractivity contribution in [2.75, 3.05) is 12.1 Å². The Bertz CT molecular complexity index is 1110. The van der Waals surface area contributed by atoms with E-state index in [1.165, 1.54) is 24.9 Å². The maximum absolute atomic E-state index is 12.2. The Kier molecular flexibility index (Phi) is 4.26. The molecule has 0 amide bonds. The van der Waals surface area contributed by atoms with Gasteiger partial charge in [-0.15, -0.1) is 0 Å². The Morgan fingerprint density at radius 2 is 1.88 bits per heavy atom. The first-order valence-corrected chi connectivity index (χ1v) is 7.65. The number of ether oxygens (including phenoxy) is 1. The number of H-pyrrole nitrogens is 1. The summed E-state index contributed by atoms with van der Waals surface area (Å²) in [7, 11) is 4.50. The number of hydrogen-bond acceptors (Lipinski definition) is 7. The number of benzene rings is 1. The van der Waals surface area contributed by atoms with Crippen molar-refractivity contribution in [1.29, 1.82) is 0 Å². The first-order valence-electron chi connectivity index (χ1n) is 7.65. The summed E-state index contributed by atoms with van der Waals surface area (Å²) in [6, 6.07) is 7.13. The Balaban J connectivity index is 2.00. The summed E-state index contributed by atoms with van der Waals surface area (Å²) in [5.41, 5.74) is 6.61. The molecule has 0 aliphatic rings.